The molecule has 2 rings (SSSR count). The summed E-state index contributed by atoms with van der Waals surface area (Å²) in [5.74, 6) is 5.33. The molecule has 1 aliphatic rings. The Morgan fingerprint density at radius 2 is 2.14 bits per heavy atom. The van der Waals surface area contributed by atoms with Crippen LogP contribution in [-0.2, 0) is 11.2 Å². The quantitative estimate of drug-likeness (QED) is 0.427. The number of anilines is 1. The number of hydrogen-bond acceptors (Lipinski definition) is 5. The van der Waals surface area contributed by atoms with Gasteiger partial charge in [0, 0.05) is 17.3 Å². The zero-order chi connectivity index (χ0) is 15.2. The summed E-state index contributed by atoms with van der Waals surface area (Å²) in [6, 6.07) is 3.57. The van der Waals surface area contributed by atoms with Gasteiger partial charge in [0.25, 0.3) is 5.91 Å². The van der Waals surface area contributed by atoms with Crippen LogP contribution in [0.4, 0.5) is 5.82 Å². The van der Waals surface area contributed by atoms with Crippen molar-refractivity contribution in [2.45, 2.75) is 38.6 Å². The van der Waals surface area contributed by atoms with Crippen LogP contribution in [0.3, 0.4) is 0 Å². The number of amides is 2. The lowest BCUT2D eigenvalue weighted by Crippen LogP contribution is -2.37. The van der Waals surface area contributed by atoms with Gasteiger partial charge in [-0.05, 0) is 31.4 Å². The normalized spacial score (nSPS) is 13.6. The molecule has 0 radical (unpaired) electrons. The monoisotopic (exact) mass is 291 g/mol. The van der Waals surface area contributed by atoms with Gasteiger partial charge in [-0.2, -0.15) is 0 Å². The van der Waals surface area contributed by atoms with Gasteiger partial charge >= 0.3 is 0 Å². The predicted molar refractivity (Wildman–Crippen MR) is 79.5 cm³/mol. The lowest BCUT2D eigenvalue weighted by atomic mass is 10.1. The third kappa shape index (κ3) is 4.71. The molecule has 1 fully saturated rings. The van der Waals surface area contributed by atoms with Gasteiger partial charge in [0.1, 0.15) is 5.82 Å². The van der Waals surface area contributed by atoms with Gasteiger partial charge in [0.15, 0.2) is 0 Å². The van der Waals surface area contributed by atoms with E-state index in [-0.39, 0.29) is 18.4 Å². The third-order valence-electron chi connectivity index (χ3n) is 3.15. The summed E-state index contributed by atoms with van der Waals surface area (Å²) in [5, 5.41) is 5.42. The number of pyridine rings is 1. The highest BCUT2D eigenvalue weighted by Gasteiger charge is 2.23. The fourth-order valence-corrected chi connectivity index (χ4v) is 1.95. The van der Waals surface area contributed by atoms with Crippen molar-refractivity contribution in [2.75, 3.05) is 12.0 Å². The zero-order valence-electron chi connectivity index (χ0n) is 12.1. The van der Waals surface area contributed by atoms with Gasteiger partial charge in [0.2, 0.25) is 5.91 Å². The number of hydrazine groups is 1. The van der Waals surface area contributed by atoms with Crippen molar-refractivity contribution >= 4 is 17.6 Å². The number of hydrogen-bond donors (Lipinski definition) is 4. The molecular formula is C14H21N5O2. The van der Waals surface area contributed by atoms with Gasteiger partial charge in [0.05, 0.1) is 6.54 Å². The Morgan fingerprint density at radius 1 is 1.38 bits per heavy atom. The van der Waals surface area contributed by atoms with Gasteiger partial charge in [-0.1, -0.05) is 13.3 Å². The second-order valence-corrected chi connectivity index (χ2v) is 5.15. The summed E-state index contributed by atoms with van der Waals surface area (Å²) in [6.45, 7) is 2.01. The van der Waals surface area contributed by atoms with Crippen LogP contribution in [0.25, 0.3) is 0 Å². The van der Waals surface area contributed by atoms with Crippen LogP contribution in [0.15, 0.2) is 12.1 Å². The standard InChI is InChI=1S/C14H21N5O2/c1-2-3-11-6-9(7-12(17-11)19-15)14(21)16-8-13(20)18-10-4-5-10/h6-7,10H,2-5,8,15H2,1H3,(H,16,21)(H,17,19)(H,18,20). The topological polar surface area (TPSA) is 109 Å². The van der Waals surface area contributed by atoms with E-state index in [1.165, 1.54) is 0 Å². The molecule has 0 spiro atoms. The highest BCUT2D eigenvalue weighted by molar-refractivity contribution is 5.97. The summed E-state index contributed by atoms with van der Waals surface area (Å²) in [7, 11) is 0. The van der Waals surface area contributed by atoms with Gasteiger partial charge in [-0.3, -0.25) is 9.59 Å². The molecule has 0 aromatic carbocycles. The van der Waals surface area contributed by atoms with E-state index in [4.69, 9.17) is 5.84 Å². The molecule has 1 aliphatic carbocycles. The number of aromatic nitrogens is 1. The first-order chi connectivity index (χ1) is 10.1. The van der Waals surface area contributed by atoms with E-state index in [1.807, 2.05) is 6.92 Å². The zero-order valence-corrected chi connectivity index (χ0v) is 12.1. The summed E-state index contributed by atoms with van der Waals surface area (Å²) in [5.41, 5.74) is 3.69. The van der Waals surface area contributed by atoms with Crippen LogP contribution >= 0.6 is 0 Å². The maximum absolute atomic E-state index is 12.1. The molecule has 5 N–H and O–H groups in total. The van der Waals surface area contributed by atoms with E-state index in [0.717, 1.165) is 31.4 Å². The Bertz CT molecular complexity index is 528. The molecule has 0 unspecified atom stereocenters. The van der Waals surface area contributed by atoms with E-state index in [1.54, 1.807) is 12.1 Å². The number of nitrogens with zero attached hydrogens (tertiary/aromatic N) is 1. The van der Waals surface area contributed by atoms with Crippen LogP contribution in [0.5, 0.6) is 0 Å². The Hall–Kier alpha value is -2.15. The number of nitrogens with one attached hydrogen (secondary N) is 3. The minimum atomic E-state index is -0.308. The van der Waals surface area contributed by atoms with Crippen molar-refractivity contribution in [2.24, 2.45) is 5.84 Å². The molecule has 0 saturated heterocycles. The Morgan fingerprint density at radius 3 is 2.76 bits per heavy atom. The van der Waals surface area contributed by atoms with E-state index < -0.39 is 0 Å². The average Bonchev–Trinajstić information content (AvgIpc) is 3.28. The first-order valence-electron chi connectivity index (χ1n) is 7.17. The predicted octanol–water partition coefficient (Wildman–Crippen LogP) is 0.328. The first kappa shape index (κ1) is 15.2. The van der Waals surface area contributed by atoms with Crippen LogP contribution < -0.4 is 21.9 Å². The fraction of sp³-hybridized carbons (Fsp3) is 0.500. The number of rotatable bonds is 7. The lowest BCUT2D eigenvalue weighted by molar-refractivity contribution is -0.120. The fourth-order valence-electron chi connectivity index (χ4n) is 1.95. The molecule has 7 heteroatoms. The second-order valence-electron chi connectivity index (χ2n) is 5.15. The Kier molecular flexibility index (Phi) is 5.10. The molecule has 2 amide bonds. The molecule has 0 atom stereocenters. The van der Waals surface area contributed by atoms with Crippen molar-refractivity contribution in [3.05, 3.63) is 23.4 Å². The van der Waals surface area contributed by atoms with Gasteiger partial charge in [-0.25, -0.2) is 10.8 Å². The molecule has 114 valence electrons. The SMILES string of the molecule is CCCc1cc(C(=O)NCC(=O)NC2CC2)cc(NN)n1. The van der Waals surface area contributed by atoms with Crippen LogP contribution in [0.2, 0.25) is 0 Å². The third-order valence-corrected chi connectivity index (χ3v) is 3.15. The van der Waals surface area contributed by atoms with Crippen LogP contribution in [-0.4, -0.2) is 29.4 Å². The minimum absolute atomic E-state index is 0.0217. The number of carbonyl (C=O) groups excluding carboxylic acids is 2. The maximum atomic E-state index is 12.1. The van der Waals surface area contributed by atoms with E-state index in [9.17, 15) is 9.59 Å². The number of carbonyl (C=O) groups is 2. The summed E-state index contributed by atoms with van der Waals surface area (Å²) in [4.78, 5) is 27.9. The summed E-state index contributed by atoms with van der Waals surface area (Å²) < 4.78 is 0. The minimum Gasteiger partial charge on any atom is -0.352 e. The molecule has 21 heavy (non-hydrogen) atoms. The number of nitrogens with two attached hydrogens (primary N) is 1. The molecule has 1 heterocycles. The summed E-state index contributed by atoms with van der Waals surface area (Å²) >= 11 is 0. The highest BCUT2D eigenvalue weighted by atomic mass is 16.2. The maximum Gasteiger partial charge on any atom is 0.251 e. The van der Waals surface area contributed by atoms with Crippen molar-refractivity contribution < 1.29 is 9.59 Å². The Labute approximate surface area is 123 Å². The molecule has 0 aliphatic heterocycles. The second kappa shape index (κ2) is 7.03. The summed E-state index contributed by atoms with van der Waals surface area (Å²) in [6.07, 6.45) is 3.73. The van der Waals surface area contributed by atoms with E-state index in [0.29, 0.717) is 17.4 Å². The number of nitrogen functional groups attached to an aromatic ring is 1. The lowest BCUT2D eigenvalue weighted by Gasteiger charge is -2.09. The molecule has 7 nitrogen and oxygen atoms in total. The van der Waals surface area contributed by atoms with Crippen LogP contribution in [0.1, 0.15) is 42.2 Å². The molecular weight excluding hydrogens is 270 g/mol. The molecule has 0 bridgehead atoms. The van der Waals surface area contributed by atoms with Crippen molar-refractivity contribution in [1.82, 2.24) is 15.6 Å². The van der Waals surface area contributed by atoms with Crippen molar-refractivity contribution in [3.63, 3.8) is 0 Å². The highest BCUT2D eigenvalue weighted by Crippen LogP contribution is 2.18. The van der Waals surface area contributed by atoms with Crippen molar-refractivity contribution in [3.8, 4) is 0 Å². The van der Waals surface area contributed by atoms with Crippen molar-refractivity contribution in [1.29, 1.82) is 0 Å². The van der Waals surface area contributed by atoms with Gasteiger partial charge < -0.3 is 16.1 Å². The van der Waals surface area contributed by atoms with Gasteiger partial charge in [-0.15, -0.1) is 0 Å². The van der Waals surface area contributed by atoms with Crippen LogP contribution in [0, 0.1) is 0 Å². The molecule has 1 aromatic rings. The number of aryl methyl sites for hydroxylation is 1. The average molecular weight is 291 g/mol. The smallest absolute Gasteiger partial charge is 0.251 e. The largest absolute Gasteiger partial charge is 0.352 e. The molecule has 1 saturated carbocycles. The van der Waals surface area contributed by atoms with E-state index >= 15 is 0 Å². The Balaban J connectivity index is 1.96. The van der Waals surface area contributed by atoms with E-state index in [2.05, 4.69) is 21.0 Å². The molecule has 1 aromatic heterocycles. The first-order valence-corrected chi connectivity index (χ1v) is 7.17.